The number of ether oxygens (including phenoxy) is 1. The Morgan fingerprint density at radius 3 is 2.46 bits per heavy atom. The first-order chi connectivity index (χ1) is 11.5. The van der Waals surface area contributed by atoms with Crippen molar-refractivity contribution in [2.24, 2.45) is 0 Å². The molecule has 1 N–H and O–H groups in total. The van der Waals surface area contributed by atoms with Crippen molar-refractivity contribution in [1.82, 2.24) is 5.32 Å². The Hall–Kier alpha value is -2.34. The predicted molar refractivity (Wildman–Crippen MR) is 96.9 cm³/mol. The number of hydrogen-bond acceptors (Lipinski definition) is 4. The van der Waals surface area contributed by atoms with Gasteiger partial charge < -0.3 is 15.0 Å². The largest absolute Gasteiger partial charge is 0.491 e. The molecule has 0 unspecified atom stereocenters. The van der Waals surface area contributed by atoms with Gasteiger partial charge in [0.05, 0.1) is 11.0 Å². The van der Waals surface area contributed by atoms with Crippen LogP contribution in [0.3, 0.4) is 0 Å². The van der Waals surface area contributed by atoms with Gasteiger partial charge in [0.25, 0.3) is 5.91 Å². The molecule has 0 aliphatic heterocycles. The molecule has 6 heteroatoms. The van der Waals surface area contributed by atoms with Crippen molar-refractivity contribution in [2.75, 3.05) is 18.0 Å². The van der Waals surface area contributed by atoms with Gasteiger partial charge >= 0.3 is 0 Å². The molecule has 0 aliphatic rings. The fraction of sp³-hybridized carbons (Fsp3) is 0.333. The van der Waals surface area contributed by atoms with Gasteiger partial charge in [-0.1, -0.05) is 6.07 Å². The summed E-state index contributed by atoms with van der Waals surface area (Å²) < 4.78 is 5.60. The number of nitrogens with zero attached hydrogens (tertiary/aromatic N) is 1. The lowest BCUT2D eigenvalue weighted by Gasteiger charge is -2.22. The van der Waals surface area contributed by atoms with Crippen LogP contribution in [0.2, 0.25) is 0 Å². The number of nitrogens with one attached hydrogen (secondary N) is 1. The molecule has 0 fully saturated rings. The van der Waals surface area contributed by atoms with E-state index in [1.165, 1.54) is 18.3 Å². The number of amides is 2. The maximum absolute atomic E-state index is 11.9. The summed E-state index contributed by atoms with van der Waals surface area (Å²) in [6.07, 6.45) is 0.104. The average Bonchev–Trinajstić information content (AvgIpc) is 3.06. The summed E-state index contributed by atoms with van der Waals surface area (Å²) in [6, 6.07) is 11.0. The van der Waals surface area contributed by atoms with Crippen molar-refractivity contribution in [3.63, 3.8) is 0 Å². The third-order valence-corrected chi connectivity index (χ3v) is 4.13. The predicted octanol–water partition coefficient (Wildman–Crippen LogP) is 3.32. The zero-order chi connectivity index (χ0) is 17.5. The molecule has 1 heterocycles. The second-order valence-electron chi connectivity index (χ2n) is 5.56. The van der Waals surface area contributed by atoms with E-state index in [1.54, 1.807) is 11.0 Å². The number of benzene rings is 1. The normalized spacial score (nSPS) is 10.5. The summed E-state index contributed by atoms with van der Waals surface area (Å²) >= 11 is 1.39. The molecule has 0 saturated carbocycles. The molecule has 0 aliphatic carbocycles. The summed E-state index contributed by atoms with van der Waals surface area (Å²) in [6.45, 7) is 6.25. The fourth-order valence-electron chi connectivity index (χ4n) is 2.22. The van der Waals surface area contributed by atoms with Crippen LogP contribution in [0, 0.1) is 0 Å². The van der Waals surface area contributed by atoms with Gasteiger partial charge in [0, 0.05) is 25.7 Å². The van der Waals surface area contributed by atoms with Crippen molar-refractivity contribution < 1.29 is 14.3 Å². The van der Waals surface area contributed by atoms with E-state index in [0.29, 0.717) is 18.0 Å². The first-order valence-electron chi connectivity index (χ1n) is 7.84. The summed E-state index contributed by atoms with van der Waals surface area (Å²) in [5, 5.41) is 4.69. The number of hydrogen-bond donors (Lipinski definition) is 1. The molecular weight excluding hydrogens is 324 g/mol. The molecule has 5 nitrogen and oxygen atoms in total. The summed E-state index contributed by atoms with van der Waals surface area (Å²) in [4.78, 5) is 26.1. The number of rotatable bonds is 7. The Bertz CT molecular complexity index is 666. The molecule has 0 bridgehead atoms. The van der Waals surface area contributed by atoms with Crippen molar-refractivity contribution in [2.45, 2.75) is 26.9 Å². The van der Waals surface area contributed by atoms with E-state index in [2.05, 4.69) is 5.32 Å². The van der Waals surface area contributed by atoms with Crippen LogP contribution in [0.25, 0.3) is 0 Å². The molecule has 2 amide bonds. The van der Waals surface area contributed by atoms with Gasteiger partial charge in [-0.2, -0.15) is 0 Å². The molecule has 2 rings (SSSR count). The van der Waals surface area contributed by atoms with Gasteiger partial charge in [-0.05, 0) is 49.6 Å². The smallest absolute Gasteiger partial charge is 0.261 e. The Balaban J connectivity index is 1.94. The number of anilines is 1. The number of carbonyl (C=O) groups is 2. The molecule has 0 saturated heterocycles. The highest BCUT2D eigenvalue weighted by atomic mass is 32.1. The topological polar surface area (TPSA) is 58.6 Å². The minimum atomic E-state index is -0.116. The average molecular weight is 346 g/mol. The minimum absolute atomic E-state index is 0.0714. The van der Waals surface area contributed by atoms with Gasteiger partial charge in [0.1, 0.15) is 5.75 Å². The molecule has 2 aromatic rings. The lowest BCUT2D eigenvalue weighted by molar-refractivity contribution is -0.116. The first-order valence-corrected chi connectivity index (χ1v) is 8.72. The van der Waals surface area contributed by atoms with Gasteiger partial charge in [-0.15, -0.1) is 11.3 Å². The van der Waals surface area contributed by atoms with E-state index in [9.17, 15) is 9.59 Å². The molecule has 0 atom stereocenters. The van der Waals surface area contributed by atoms with E-state index in [0.717, 1.165) is 11.4 Å². The summed E-state index contributed by atoms with van der Waals surface area (Å²) in [5.74, 6) is 0.579. The van der Waals surface area contributed by atoms with Crippen LogP contribution >= 0.6 is 11.3 Å². The SMILES string of the molecule is CC(=O)N(CCNC(=O)c1cccs1)c1ccc(OC(C)C)cc1. The van der Waals surface area contributed by atoms with Crippen LogP contribution in [0.1, 0.15) is 30.4 Å². The fourth-order valence-corrected chi connectivity index (χ4v) is 2.86. The van der Waals surface area contributed by atoms with E-state index >= 15 is 0 Å². The summed E-state index contributed by atoms with van der Waals surface area (Å²) in [7, 11) is 0. The number of carbonyl (C=O) groups excluding carboxylic acids is 2. The van der Waals surface area contributed by atoms with Crippen LogP contribution < -0.4 is 15.0 Å². The Kier molecular flexibility index (Phi) is 6.37. The molecule has 24 heavy (non-hydrogen) atoms. The Labute approximate surface area is 146 Å². The van der Waals surface area contributed by atoms with Crippen LogP contribution in [-0.2, 0) is 4.79 Å². The molecular formula is C18H22N2O3S. The van der Waals surface area contributed by atoms with Gasteiger partial charge in [-0.25, -0.2) is 0 Å². The van der Waals surface area contributed by atoms with Crippen molar-refractivity contribution in [1.29, 1.82) is 0 Å². The van der Waals surface area contributed by atoms with Crippen molar-refractivity contribution in [3.8, 4) is 5.75 Å². The molecule has 128 valence electrons. The highest BCUT2D eigenvalue weighted by Gasteiger charge is 2.13. The van der Waals surface area contributed by atoms with Crippen LogP contribution in [0.5, 0.6) is 5.75 Å². The molecule has 0 radical (unpaired) electrons. The Morgan fingerprint density at radius 2 is 1.92 bits per heavy atom. The molecule has 0 spiro atoms. The van der Waals surface area contributed by atoms with Gasteiger partial charge in [0.15, 0.2) is 0 Å². The minimum Gasteiger partial charge on any atom is -0.491 e. The quantitative estimate of drug-likeness (QED) is 0.837. The van der Waals surface area contributed by atoms with E-state index in [4.69, 9.17) is 4.74 Å². The van der Waals surface area contributed by atoms with Crippen LogP contribution in [-0.4, -0.2) is 31.0 Å². The Morgan fingerprint density at radius 1 is 1.21 bits per heavy atom. The first kappa shape index (κ1) is 18.0. The van der Waals surface area contributed by atoms with Gasteiger partial charge in [0.2, 0.25) is 5.91 Å². The van der Waals surface area contributed by atoms with Crippen molar-refractivity contribution >= 4 is 28.8 Å². The van der Waals surface area contributed by atoms with E-state index in [1.807, 2.05) is 49.6 Å². The zero-order valence-corrected chi connectivity index (χ0v) is 14.9. The third kappa shape index (κ3) is 5.09. The van der Waals surface area contributed by atoms with E-state index in [-0.39, 0.29) is 17.9 Å². The van der Waals surface area contributed by atoms with E-state index < -0.39 is 0 Å². The third-order valence-electron chi connectivity index (χ3n) is 3.27. The van der Waals surface area contributed by atoms with Crippen LogP contribution in [0.4, 0.5) is 5.69 Å². The summed E-state index contributed by atoms with van der Waals surface area (Å²) in [5.41, 5.74) is 0.781. The molecule has 1 aromatic heterocycles. The lowest BCUT2D eigenvalue weighted by atomic mass is 10.2. The highest BCUT2D eigenvalue weighted by Crippen LogP contribution is 2.20. The number of thiophene rings is 1. The second-order valence-corrected chi connectivity index (χ2v) is 6.51. The zero-order valence-electron chi connectivity index (χ0n) is 14.1. The standard InChI is InChI=1S/C18H22N2O3S/c1-13(2)23-16-8-6-15(7-9-16)20(14(3)21)11-10-19-18(22)17-5-4-12-24-17/h4-9,12-13H,10-11H2,1-3H3,(H,19,22). The van der Waals surface area contributed by atoms with Crippen molar-refractivity contribution in [3.05, 3.63) is 46.7 Å². The molecule has 1 aromatic carbocycles. The lowest BCUT2D eigenvalue weighted by Crippen LogP contribution is -2.37. The van der Waals surface area contributed by atoms with Crippen LogP contribution in [0.15, 0.2) is 41.8 Å². The van der Waals surface area contributed by atoms with Gasteiger partial charge in [-0.3, -0.25) is 9.59 Å². The monoisotopic (exact) mass is 346 g/mol. The highest BCUT2D eigenvalue weighted by molar-refractivity contribution is 7.12. The maximum atomic E-state index is 11.9. The second kappa shape index (κ2) is 8.49. The maximum Gasteiger partial charge on any atom is 0.261 e.